The Balaban J connectivity index is 1.37. The third kappa shape index (κ3) is 2.68. The summed E-state index contributed by atoms with van der Waals surface area (Å²) in [5, 5.41) is 3.28. The number of thiol groups is 1. The average molecular weight is 315 g/mol. The molecule has 3 heteroatoms. The van der Waals surface area contributed by atoms with Gasteiger partial charge in [0.25, 0.3) is 0 Å². The van der Waals surface area contributed by atoms with Crippen molar-refractivity contribution < 1.29 is 4.79 Å². The molecule has 1 amide bonds. The minimum atomic E-state index is 0.0852. The Morgan fingerprint density at radius 2 is 1.64 bits per heavy atom. The fraction of sp³-hybridized carbons (Fsp3) is 0.632. The Labute approximate surface area is 138 Å². The van der Waals surface area contributed by atoms with Crippen LogP contribution >= 0.6 is 12.6 Å². The van der Waals surface area contributed by atoms with Gasteiger partial charge in [0.1, 0.15) is 0 Å². The molecule has 118 valence electrons. The molecule has 4 aliphatic carbocycles. The van der Waals surface area contributed by atoms with E-state index in [9.17, 15) is 4.79 Å². The van der Waals surface area contributed by atoms with E-state index in [-0.39, 0.29) is 11.2 Å². The molecule has 4 bridgehead atoms. The smallest absolute Gasteiger partial charge is 0.223 e. The van der Waals surface area contributed by atoms with E-state index in [0.29, 0.717) is 24.3 Å². The number of benzene rings is 1. The van der Waals surface area contributed by atoms with Gasteiger partial charge < -0.3 is 5.32 Å². The van der Waals surface area contributed by atoms with Gasteiger partial charge >= 0.3 is 0 Å². The van der Waals surface area contributed by atoms with Crippen LogP contribution in [0.15, 0.2) is 30.3 Å². The number of carbonyl (C=O) groups excluding carboxylic acids is 1. The molecule has 1 N–H and O–H groups in total. The fourth-order valence-corrected chi connectivity index (χ4v) is 5.72. The molecule has 4 fully saturated rings. The lowest BCUT2D eigenvalue weighted by molar-refractivity contribution is -0.138. The largest absolute Gasteiger partial charge is 0.354 e. The van der Waals surface area contributed by atoms with Crippen molar-refractivity contribution in [3.8, 4) is 0 Å². The fourth-order valence-electron chi connectivity index (χ4n) is 5.46. The predicted molar refractivity (Wildman–Crippen MR) is 91.7 cm³/mol. The molecule has 22 heavy (non-hydrogen) atoms. The van der Waals surface area contributed by atoms with Gasteiger partial charge in [-0.05, 0) is 61.3 Å². The number of hydrogen-bond acceptors (Lipinski definition) is 2. The van der Waals surface area contributed by atoms with Gasteiger partial charge in [0, 0.05) is 17.7 Å². The molecular formula is C19H25NOS. The summed E-state index contributed by atoms with van der Waals surface area (Å²) in [5.41, 5.74) is 1.18. The van der Waals surface area contributed by atoms with E-state index in [1.54, 1.807) is 0 Å². The van der Waals surface area contributed by atoms with Crippen LogP contribution in [0.3, 0.4) is 0 Å². The van der Waals surface area contributed by atoms with Crippen LogP contribution in [-0.2, 0) is 4.79 Å². The number of amides is 1. The zero-order valence-corrected chi connectivity index (χ0v) is 13.8. The lowest BCUT2D eigenvalue weighted by Crippen LogP contribution is -2.51. The normalized spacial score (nSPS) is 37.0. The standard InChI is InChI=1S/C19H25NOS/c21-19(20-11-17(22)14-4-2-1-3-5-14)18-15-7-12-6-13(9-15)10-16(18)8-12/h1-5,12-13,15-18,22H,6-11H2,(H,20,21). The predicted octanol–water partition coefficient (Wildman–Crippen LogP) is 3.85. The molecule has 1 atom stereocenters. The maximum atomic E-state index is 12.7. The Morgan fingerprint density at radius 1 is 1.05 bits per heavy atom. The first-order valence-electron chi connectivity index (χ1n) is 8.71. The van der Waals surface area contributed by atoms with Crippen molar-refractivity contribution in [2.75, 3.05) is 6.54 Å². The molecule has 4 aliphatic rings. The molecule has 1 aromatic carbocycles. The van der Waals surface area contributed by atoms with Gasteiger partial charge in [0.05, 0.1) is 0 Å². The van der Waals surface area contributed by atoms with Gasteiger partial charge in [0.15, 0.2) is 0 Å². The molecule has 1 unspecified atom stereocenters. The van der Waals surface area contributed by atoms with E-state index in [0.717, 1.165) is 11.8 Å². The molecule has 2 nitrogen and oxygen atoms in total. The SMILES string of the molecule is O=C(NCC(S)c1ccccc1)C1C2CC3CC(C2)CC1C3. The van der Waals surface area contributed by atoms with Crippen molar-refractivity contribution in [2.24, 2.45) is 29.6 Å². The van der Waals surface area contributed by atoms with Crippen LogP contribution in [0.1, 0.15) is 42.9 Å². The van der Waals surface area contributed by atoms with E-state index < -0.39 is 0 Å². The molecule has 0 aromatic heterocycles. The molecule has 4 saturated carbocycles. The Hall–Kier alpha value is -0.960. The van der Waals surface area contributed by atoms with Crippen molar-refractivity contribution >= 4 is 18.5 Å². The summed E-state index contributed by atoms with van der Waals surface area (Å²) in [7, 11) is 0. The Morgan fingerprint density at radius 3 is 2.23 bits per heavy atom. The quantitative estimate of drug-likeness (QED) is 0.812. The highest BCUT2D eigenvalue weighted by molar-refractivity contribution is 7.80. The van der Waals surface area contributed by atoms with E-state index in [1.807, 2.05) is 18.2 Å². The lowest BCUT2D eigenvalue weighted by Gasteiger charge is -2.53. The minimum Gasteiger partial charge on any atom is -0.354 e. The van der Waals surface area contributed by atoms with Gasteiger partial charge in [-0.25, -0.2) is 0 Å². The van der Waals surface area contributed by atoms with Gasteiger partial charge in [0.2, 0.25) is 5.91 Å². The summed E-state index contributed by atoms with van der Waals surface area (Å²) in [4.78, 5) is 12.7. The maximum Gasteiger partial charge on any atom is 0.223 e. The van der Waals surface area contributed by atoms with Gasteiger partial charge in [-0.3, -0.25) is 4.79 Å². The number of nitrogens with one attached hydrogen (secondary N) is 1. The maximum absolute atomic E-state index is 12.7. The minimum absolute atomic E-state index is 0.0852. The number of carbonyl (C=O) groups is 1. The summed E-state index contributed by atoms with van der Waals surface area (Å²) in [6.45, 7) is 0.634. The Bertz CT molecular complexity index is 516. The third-order valence-electron chi connectivity index (χ3n) is 6.18. The summed E-state index contributed by atoms with van der Waals surface area (Å²) in [6.07, 6.45) is 6.64. The van der Waals surface area contributed by atoms with Crippen molar-refractivity contribution in [2.45, 2.75) is 37.4 Å². The molecule has 0 spiro atoms. The van der Waals surface area contributed by atoms with E-state index in [1.165, 1.54) is 37.7 Å². The zero-order chi connectivity index (χ0) is 15.1. The monoisotopic (exact) mass is 315 g/mol. The second-order valence-corrected chi connectivity index (χ2v) is 8.25. The van der Waals surface area contributed by atoms with Gasteiger partial charge in [-0.1, -0.05) is 30.3 Å². The van der Waals surface area contributed by atoms with Crippen molar-refractivity contribution in [1.82, 2.24) is 5.32 Å². The van der Waals surface area contributed by atoms with Gasteiger partial charge in [-0.15, -0.1) is 0 Å². The van der Waals surface area contributed by atoms with Gasteiger partial charge in [-0.2, -0.15) is 12.6 Å². The Kier molecular flexibility index (Phi) is 3.93. The highest BCUT2D eigenvalue weighted by Gasteiger charge is 2.50. The van der Waals surface area contributed by atoms with Crippen LogP contribution in [0.2, 0.25) is 0 Å². The first-order chi connectivity index (χ1) is 10.7. The summed E-state index contributed by atoms with van der Waals surface area (Å²) < 4.78 is 0. The molecule has 0 radical (unpaired) electrons. The molecule has 5 rings (SSSR count). The molecule has 1 aromatic rings. The topological polar surface area (TPSA) is 29.1 Å². The third-order valence-corrected chi connectivity index (χ3v) is 6.66. The molecule has 0 saturated heterocycles. The highest BCUT2D eigenvalue weighted by Crippen LogP contribution is 2.56. The zero-order valence-electron chi connectivity index (χ0n) is 12.9. The van der Waals surface area contributed by atoms with E-state index >= 15 is 0 Å². The van der Waals surface area contributed by atoms with Crippen LogP contribution in [-0.4, -0.2) is 12.5 Å². The summed E-state index contributed by atoms with van der Waals surface area (Å²) >= 11 is 4.65. The first kappa shape index (κ1) is 14.6. The van der Waals surface area contributed by atoms with Crippen LogP contribution in [0.25, 0.3) is 0 Å². The lowest BCUT2D eigenvalue weighted by atomic mass is 9.51. The first-order valence-corrected chi connectivity index (χ1v) is 9.23. The van der Waals surface area contributed by atoms with Crippen LogP contribution < -0.4 is 5.32 Å². The van der Waals surface area contributed by atoms with E-state index in [4.69, 9.17) is 0 Å². The molecule has 0 heterocycles. The molecule has 0 aliphatic heterocycles. The van der Waals surface area contributed by atoms with Crippen LogP contribution in [0.5, 0.6) is 0 Å². The highest BCUT2D eigenvalue weighted by atomic mass is 32.1. The second kappa shape index (κ2) is 5.92. The average Bonchev–Trinajstić information content (AvgIpc) is 2.52. The second-order valence-electron chi connectivity index (χ2n) is 7.63. The van der Waals surface area contributed by atoms with Crippen LogP contribution in [0.4, 0.5) is 0 Å². The van der Waals surface area contributed by atoms with Crippen molar-refractivity contribution in [3.05, 3.63) is 35.9 Å². The molecular weight excluding hydrogens is 290 g/mol. The number of hydrogen-bond donors (Lipinski definition) is 2. The number of rotatable bonds is 4. The van der Waals surface area contributed by atoms with Crippen molar-refractivity contribution in [3.63, 3.8) is 0 Å². The van der Waals surface area contributed by atoms with Crippen LogP contribution in [0, 0.1) is 29.6 Å². The summed E-state index contributed by atoms with van der Waals surface area (Å²) in [6, 6.07) is 10.2. The van der Waals surface area contributed by atoms with E-state index in [2.05, 4.69) is 30.1 Å². The van der Waals surface area contributed by atoms with Crippen molar-refractivity contribution in [1.29, 1.82) is 0 Å². The summed E-state index contributed by atoms with van der Waals surface area (Å²) in [5.74, 6) is 3.74.